The van der Waals surface area contributed by atoms with Crippen molar-refractivity contribution in [1.29, 1.82) is 0 Å². The number of hydrogen-bond donors (Lipinski definition) is 2. The van der Waals surface area contributed by atoms with E-state index in [-0.39, 0.29) is 12.3 Å². The zero-order valence-corrected chi connectivity index (χ0v) is 16.0. The highest BCUT2D eigenvalue weighted by atomic mass is 32.2. The van der Waals surface area contributed by atoms with Gasteiger partial charge in [-0.2, -0.15) is 0 Å². The van der Waals surface area contributed by atoms with Gasteiger partial charge in [0.2, 0.25) is 10.8 Å². The number of hydrogen-bond acceptors (Lipinski definition) is 5. The summed E-state index contributed by atoms with van der Waals surface area (Å²) < 4.78 is 12.7. The van der Waals surface area contributed by atoms with Crippen LogP contribution in [0, 0.1) is 0 Å². The van der Waals surface area contributed by atoms with Gasteiger partial charge in [0.1, 0.15) is 11.4 Å². The third kappa shape index (κ3) is 4.00. The summed E-state index contributed by atoms with van der Waals surface area (Å²) in [4.78, 5) is 21.1. The number of rotatable bonds is 5. The van der Waals surface area contributed by atoms with Crippen LogP contribution in [0.15, 0.2) is 59.5 Å². The Morgan fingerprint density at radius 3 is 2.57 bits per heavy atom. The van der Waals surface area contributed by atoms with E-state index in [9.17, 15) is 9.35 Å². The molecule has 2 heterocycles. The van der Waals surface area contributed by atoms with E-state index in [1.54, 1.807) is 0 Å². The minimum atomic E-state index is -1.13. The number of nitrogens with zero attached hydrogens (tertiary/aromatic N) is 2. The number of benzene rings is 2. The topological polar surface area (TPSA) is 104 Å². The molecule has 1 aliphatic rings. The minimum Gasteiger partial charge on any atom is -0.611 e. The molecule has 7 heteroatoms. The van der Waals surface area contributed by atoms with Gasteiger partial charge >= 0.3 is 0 Å². The van der Waals surface area contributed by atoms with Crippen molar-refractivity contribution in [2.75, 3.05) is 11.1 Å². The van der Waals surface area contributed by atoms with Gasteiger partial charge in [-0.1, -0.05) is 42.5 Å². The number of carbonyl (C=O) groups excluding carboxylic acids is 1. The van der Waals surface area contributed by atoms with Crippen molar-refractivity contribution in [2.45, 2.75) is 24.2 Å². The third-order valence-corrected chi connectivity index (χ3v) is 6.08. The van der Waals surface area contributed by atoms with Crippen LogP contribution < -0.4 is 11.1 Å². The zero-order chi connectivity index (χ0) is 19.5. The highest BCUT2D eigenvalue weighted by Gasteiger charge is 2.29. The van der Waals surface area contributed by atoms with E-state index in [1.807, 2.05) is 54.6 Å². The molecule has 0 saturated carbocycles. The van der Waals surface area contributed by atoms with Crippen LogP contribution in [0.3, 0.4) is 0 Å². The number of anilines is 2. The Morgan fingerprint density at radius 2 is 1.86 bits per heavy atom. The number of amides is 1. The Kier molecular flexibility index (Phi) is 5.27. The summed E-state index contributed by atoms with van der Waals surface area (Å²) in [6.45, 7) is 0. The first kappa shape index (κ1) is 18.5. The largest absolute Gasteiger partial charge is 0.611 e. The fraction of sp³-hybridized carbons (Fsp3) is 0.190. The molecule has 1 aliphatic heterocycles. The third-order valence-electron chi connectivity index (χ3n) is 4.53. The predicted octanol–water partition coefficient (Wildman–Crippen LogP) is 2.97. The Morgan fingerprint density at radius 1 is 1.11 bits per heavy atom. The first-order valence-corrected chi connectivity index (χ1v) is 10.4. The number of carbonyl (C=O) groups is 1. The lowest BCUT2D eigenvalue weighted by molar-refractivity contribution is -0.117. The number of aryl methyl sites for hydroxylation is 1. The molecule has 4 rings (SSSR count). The molecule has 0 saturated heterocycles. The highest BCUT2D eigenvalue weighted by Crippen LogP contribution is 2.33. The first-order valence-electron chi connectivity index (χ1n) is 9.09. The van der Waals surface area contributed by atoms with Gasteiger partial charge in [0.05, 0.1) is 6.42 Å². The van der Waals surface area contributed by atoms with Crippen LogP contribution >= 0.6 is 0 Å². The molecule has 3 N–H and O–H groups in total. The van der Waals surface area contributed by atoms with Crippen molar-refractivity contribution < 1.29 is 9.35 Å². The fourth-order valence-corrected chi connectivity index (χ4v) is 4.56. The van der Waals surface area contributed by atoms with E-state index < -0.39 is 11.2 Å². The van der Waals surface area contributed by atoms with E-state index in [4.69, 9.17) is 5.73 Å². The first-order chi connectivity index (χ1) is 13.6. The van der Waals surface area contributed by atoms with Gasteiger partial charge in [0.25, 0.3) is 0 Å². The molecule has 1 unspecified atom stereocenters. The summed E-state index contributed by atoms with van der Waals surface area (Å²) in [5, 5.41) is 3.29. The molecule has 6 nitrogen and oxygen atoms in total. The SMILES string of the molecule is NC(=O)Cc1ccc(Nc2nc(-c3ccccc3)nc3c2[S+]([O-])CCC3)cc1. The Labute approximate surface area is 166 Å². The van der Waals surface area contributed by atoms with Crippen molar-refractivity contribution >= 4 is 28.6 Å². The molecule has 28 heavy (non-hydrogen) atoms. The number of nitrogens with two attached hydrogens (primary N) is 1. The summed E-state index contributed by atoms with van der Waals surface area (Å²) in [5.41, 5.74) is 8.65. The molecule has 3 aromatic rings. The Balaban J connectivity index is 1.71. The molecule has 1 atom stereocenters. The average molecular weight is 392 g/mol. The van der Waals surface area contributed by atoms with Crippen LogP contribution in [0.4, 0.5) is 11.5 Å². The van der Waals surface area contributed by atoms with E-state index in [0.717, 1.165) is 35.3 Å². The van der Waals surface area contributed by atoms with Crippen LogP contribution in [0.5, 0.6) is 0 Å². The second kappa shape index (κ2) is 8.00. The van der Waals surface area contributed by atoms with Gasteiger partial charge in [-0.05, 0) is 41.7 Å². The van der Waals surface area contributed by atoms with Gasteiger partial charge < -0.3 is 15.6 Å². The van der Waals surface area contributed by atoms with E-state index in [1.165, 1.54) is 0 Å². The maximum atomic E-state index is 12.7. The fourth-order valence-electron chi connectivity index (χ4n) is 3.22. The van der Waals surface area contributed by atoms with Gasteiger partial charge in [-0.25, -0.2) is 9.97 Å². The Hall–Kier alpha value is -2.90. The molecule has 142 valence electrons. The van der Waals surface area contributed by atoms with E-state index >= 15 is 0 Å². The summed E-state index contributed by atoms with van der Waals surface area (Å²) in [6.07, 6.45) is 1.84. The van der Waals surface area contributed by atoms with Crippen molar-refractivity contribution in [3.05, 3.63) is 65.9 Å². The molecule has 0 spiro atoms. The second-order valence-electron chi connectivity index (χ2n) is 6.66. The average Bonchev–Trinajstić information content (AvgIpc) is 2.69. The van der Waals surface area contributed by atoms with Crippen molar-refractivity contribution in [3.63, 3.8) is 0 Å². The molecular weight excluding hydrogens is 372 g/mol. The van der Waals surface area contributed by atoms with Gasteiger partial charge in [-0.3, -0.25) is 4.79 Å². The highest BCUT2D eigenvalue weighted by molar-refractivity contribution is 7.91. The number of nitrogens with one attached hydrogen (secondary N) is 1. The smallest absolute Gasteiger partial charge is 0.221 e. The lowest BCUT2D eigenvalue weighted by Gasteiger charge is -2.22. The van der Waals surface area contributed by atoms with Gasteiger partial charge in [0.15, 0.2) is 11.6 Å². The molecule has 0 radical (unpaired) electrons. The number of aromatic nitrogens is 2. The van der Waals surface area contributed by atoms with E-state index in [2.05, 4.69) is 15.3 Å². The maximum absolute atomic E-state index is 12.7. The zero-order valence-electron chi connectivity index (χ0n) is 15.2. The summed E-state index contributed by atoms with van der Waals surface area (Å²) >= 11 is -1.13. The molecular formula is C21H20N4O2S. The van der Waals surface area contributed by atoms with Gasteiger partial charge in [0, 0.05) is 11.3 Å². The summed E-state index contributed by atoms with van der Waals surface area (Å²) in [7, 11) is 0. The van der Waals surface area contributed by atoms with Crippen molar-refractivity contribution in [1.82, 2.24) is 9.97 Å². The number of primary amides is 1. The molecule has 0 bridgehead atoms. The quantitative estimate of drug-likeness (QED) is 0.650. The van der Waals surface area contributed by atoms with Crippen LogP contribution in [-0.2, 0) is 28.8 Å². The molecule has 1 amide bonds. The molecule has 1 aromatic heterocycles. The standard InChI is InChI=1S/C21H20N4O2S/c22-18(26)13-14-8-10-16(11-9-14)23-21-19-17(7-4-12-28(19)27)24-20(25-21)15-5-2-1-3-6-15/h1-3,5-6,8-11H,4,7,12-13H2,(H2,22,26)(H,23,24,25). The lowest BCUT2D eigenvalue weighted by Crippen LogP contribution is -2.20. The normalized spacial score (nSPS) is 15.7. The molecule has 0 aliphatic carbocycles. The van der Waals surface area contributed by atoms with E-state index in [0.29, 0.717) is 22.3 Å². The van der Waals surface area contributed by atoms with Crippen LogP contribution in [0.1, 0.15) is 17.7 Å². The summed E-state index contributed by atoms with van der Waals surface area (Å²) in [5.74, 6) is 1.44. The van der Waals surface area contributed by atoms with Crippen molar-refractivity contribution in [3.8, 4) is 11.4 Å². The van der Waals surface area contributed by atoms with Crippen LogP contribution in [0.25, 0.3) is 11.4 Å². The van der Waals surface area contributed by atoms with Crippen molar-refractivity contribution in [2.24, 2.45) is 5.73 Å². The Bertz CT molecular complexity index is 993. The van der Waals surface area contributed by atoms with Gasteiger partial charge in [-0.15, -0.1) is 0 Å². The second-order valence-corrected chi connectivity index (χ2v) is 8.16. The van der Waals surface area contributed by atoms with Crippen LogP contribution in [0.2, 0.25) is 0 Å². The predicted molar refractivity (Wildman–Crippen MR) is 110 cm³/mol. The van der Waals surface area contributed by atoms with Crippen LogP contribution in [-0.4, -0.2) is 26.2 Å². The minimum absolute atomic E-state index is 0.200. The number of fused-ring (bicyclic) bond motifs is 1. The summed E-state index contributed by atoms with van der Waals surface area (Å²) in [6, 6.07) is 17.2. The maximum Gasteiger partial charge on any atom is 0.221 e. The molecule has 0 fully saturated rings. The molecule has 2 aromatic carbocycles. The lowest BCUT2D eigenvalue weighted by atomic mass is 10.1. The monoisotopic (exact) mass is 392 g/mol.